The first-order valence-corrected chi connectivity index (χ1v) is 9.92. The van der Waals surface area contributed by atoms with Gasteiger partial charge in [-0.2, -0.15) is 0 Å². The monoisotopic (exact) mass is 406 g/mol. The van der Waals surface area contributed by atoms with E-state index in [2.05, 4.69) is 0 Å². The van der Waals surface area contributed by atoms with Crippen LogP contribution in [0.3, 0.4) is 0 Å². The Labute approximate surface area is 173 Å². The highest BCUT2D eigenvalue weighted by atomic mass is 16.5. The van der Waals surface area contributed by atoms with Gasteiger partial charge in [0.1, 0.15) is 12.2 Å². The molecule has 3 aromatic rings. The number of rotatable bonds is 5. The van der Waals surface area contributed by atoms with Crippen LogP contribution in [0.25, 0.3) is 17.0 Å². The van der Waals surface area contributed by atoms with Crippen molar-refractivity contribution in [1.29, 1.82) is 0 Å². The molecular formula is C24H22O6. The van der Waals surface area contributed by atoms with Gasteiger partial charge in [-0.25, -0.2) is 9.59 Å². The lowest BCUT2D eigenvalue weighted by Gasteiger charge is -2.08. The van der Waals surface area contributed by atoms with E-state index in [4.69, 9.17) is 18.6 Å². The molecule has 1 aromatic heterocycles. The van der Waals surface area contributed by atoms with Crippen LogP contribution >= 0.6 is 0 Å². The van der Waals surface area contributed by atoms with E-state index in [1.165, 1.54) is 12.1 Å². The van der Waals surface area contributed by atoms with Gasteiger partial charge in [-0.05, 0) is 41.8 Å². The quantitative estimate of drug-likeness (QED) is 0.358. The fourth-order valence-electron chi connectivity index (χ4n) is 3.26. The average molecular weight is 406 g/mol. The Kier molecular flexibility index (Phi) is 5.84. The fraction of sp³-hybridized carbons (Fsp3) is 0.250. The van der Waals surface area contributed by atoms with Gasteiger partial charge in [0.15, 0.2) is 11.5 Å². The summed E-state index contributed by atoms with van der Waals surface area (Å²) in [5.41, 5.74) is 2.51. The van der Waals surface area contributed by atoms with Gasteiger partial charge in [0.25, 0.3) is 0 Å². The van der Waals surface area contributed by atoms with Gasteiger partial charge >= 0.3 is 11.6 Å². The largest absolute Gasteiger partial charge is 0.490 e. The van der Waals surface area contributed by atoms with Crippen molar-refractivity contribution in [2.45, 2.75) is 26.4 Å². The second-order valence-electron chi connectivity index (χ2n) is 6.97. The summed E-state index contributed by atoms with van der Waals surface area (Å²) in [6.07, 6.45) is 4.67. The predicted octanol–water partition coefficient (Wildman–Crippen LogP) is 4.27. The van der Waals surface area contributed by atoms with Gasteiger partial charge < -0.3 is 18.6 Å². The first-order chi connectivity index (χ1) is 14.6. The highest BCUT2D eigenvalue weighted by molar-refractivity contribution is 5.87. The van der Waals surface area contributed by atoms with Crippen molar-refractivity contribution in [1.82, 2.24) is 0 Å². The number of hydrogen-bond donors (Lipinski definition) is 0. The Morgan fingerprint density at radius 3 is 2.73 bits per heavy atom. The lowest BCUT2D eigenvalue weighted by Crippen LogP contribution is -2.05. The molecule has 0 amide bonds. The minimum Gasteiger partial charge on any atom is -0.490 e. The number of aryl methyl sites for hydroxylation is 1. The molecule has 0 spiro atoms. The van der Waals surface area contributed by atoms with Crippen molar-refractivity contribution in [3.8, 4) is 11.5 Å². The summed E-state index contributed by atoms with van der Waals surface area (Å²) >= 11 is 0. The van der Waals surface area contributed by atoms with Crippen LogP contribution in [0.4, 0.5) is 0 Å². The van der Waals surface area contributed by atoms with Crippen LogP contribution in [0.5, 0.6) is 11.5 Å². The third-order valence-corrected chi connectivity index (χ3v) is 4.86. The molecule has 0 atom stereocenters. The molecule has 154 valence electrons. The molecule has 30 heavy (non-hydrogen) atoms. The van der Waals surface area contributed by atoms with Crippen molar-refractivity contribution < 1.29 is 23.4 Å². The van der Waals surface area contributed by atoms with Crippen LogP contribution in [0.15, 0.2) is 57.8 Å². The van der Waals surface area contributed by atoms with Crippen molar-refractivity contribution >= 4 is 23.0 Å². The van der Waals surface area contributed by atoms with Gasteiger partial charge in [0.05, 0.1) is 13.2 Å². The number of hydrogen-bond acceptors (Lipinski definition) is 6. The summed E-state index contributed by atoms with van der Waals surface area (Å²) < 4.78 is 21.9. The molecule has 1 aliphatic rings. The second-order valence-corrected chi connectivity index (χ2v) is 6.97. The normalized spacial score (nSPS) is 13.4. The zero-order valence-electron chi connectivity index (χ0n) is 16.7. The Morgan fingerprint density at radius 2 is 1.90 bits per heavy atom. The number of carbonyl (C=O) groups excluding carboxylic acids is 1. The lowest BCUT2D eigenvalue weighted by molar-refractivity contribution is -0.138. The molecular weight excluding hydrogens is 384 g/mol. The first kappa shape index (κ1) is 19.8. The Morgan fingerprint density at radius 1 is 1.07 bits per heavy atom. The standard InChI is InChI=1S/C24H22O6/c1-2-16-4-7-19-18(14-24(26)30-21(19)12-16)15-29-23(25)9-6-17-5-8-20-22(13-17)28-11-3-10-27-20/h4-9,12-14H,2-3,10-11,15H2,1H3/b9-6+. The maximum atomic E-state index is 12.2. The third kappa shape index (κ3) is 4.54. The van der Waals surface area contributed by atoms with Crippen LogP contribution < -0.4 is 15.1 Å². The van der Waals surface area contributed by atoms with Gasteiger partial charge in [-0.3, -0.25) is 0 Å². The van der Waals surface area contributed by atoms with E-state index in [9.17, 15) is 9.59 Å². The average Bonchev–Trinajstić information content (AvgIpc) is 3.00. The lowest BCUT2D eigenvalue weighted by atomic mass is 10.1. The third-order valence-electron chi connectivity index (χ3n) is 4.86. The van der Waals surface area contributed by atoms with Crippen molar-refractivity contribution in [3.63, 3.8) is 0 Å². The molecule has 0 fully saturated rings. The smallest absolute Gasteiger partial charge is 0.336 e. The number of esters is 1. The number of fused-ring (bicyclic) bond motifs is 2. The molecule has 1 aliphatic heterocycles. The Bertz CT molecular complexity index is 1160. The van der Waals surface area contributed by atoms with Gasteiger partial charge in [-0.1, -0.05) is 25.1 Å². The fourth-order valence-corrected chi connectivity index (χ4v) is 3.26. The van der Waals surface area contributed by atoms with E-state index in [0.717, 1.165) is 29.4 Å². The maximum Gasteiger partial charge on any atom is 0.336 e. The molecule has 0 unspecified atom stereocenters. The molecule has 0 saturated heterocycles. The highest BCUT2D eigenvalue weighted by Gasteiger charge is 2.11. The van der Waals surface area contributed by atoms with E-state index >= 15 is 0 Å². The number of carbonyl (C=O) groups is 1. The molecule has 0 bridgehead atoms. The molecule has 6 nitrogen and oxygen atoms in total. The zero-order chi connectivity index (χ0) is 20.9. The molecule has 4 rings (SSSR count). The van der Waals surface area contributed by atoms with Crippen LogP contribution in [-0.4, -0.2) is 19.2 Å². The summed E-state index contributed by atoms with van der Waals surface area (Å²) in [5, 5.41) is 0.756. The topological polar surface area (TPSA) is 75.0 Å². The summed E-state index contributed by atoms with van der Waals surface area (Å²) in [4.78, 5) is 24.0. The van der Waals surface area contributed by atoms with E-state index in [1.807, 2.05) is 43.3 Å². The van der Waals surface area contributed by atoms with Gasteiger partial charge in [0, 0.05) is 29.5 Å². The molecule has 0 radical (unpaired) electrons. The highest BCUT2D eigenvalue weighted by Crippen LogP contribution is 2.30. The predicted molar refractivity (Wildman–Crippen MR) is 113 cm³/mol. The van der Waals surface area contributed by atoms with Crippen molar-refractivity contribution in [3.05, 3.63) is 75.7 Å². The Hall–Kier alpha value is -3.54. The van der Waals surface area contributed by atoms with E-state index in [1.54, 1.807) is 6.08 Å². The van der Waals surface area contributed by atoms with Crippen LogP contribution in [0.1, 0.15) is 30.0 Å². The number of benzene rings is 2. The molecule has 0 aliphatic carbocycles. The Balaban J connectivity index is 1.45. The van der Waals surface area contributed by atoms with E-state index < -0.39 is 11.6 Å². The number of ether oxygens (including phenoxy) is 3. The molecule has 2 aromatic carbocycles. The van der Waals surface area contributed by atoms with Gasteiger partial charge in [-0.15, -0.1) is 0 Å². The van der Waals surface area contributed by atoms with Crippen molar-refractivity contribution in [2.75, 3.05) is 13.2 Å². The zero-order valence-corrected chi connectivity index (χ0v) is 16.7. The van der Waals surface area contributed by atoms with Crippen molar-refractivity contribution in [2.24, 2.45) is 0 Å². The van der Waals surface area contributed by atoms with Gasteiger partial charge in [0.2, 0.25) is 0 Å². The minimum atomic E-state index is -0.506. The summed E-state index contributed by atoms with van der Waals surface area (Å²) in [6.45, 7) is 3.24. The molecule has 2 heterocycles. The summed E-state index contributed by atoms with van der Waals surface area (Å²) in [7, 11) is 0. The van der Waals surface area contributed by atoms with Crippen LogP contribution in [0.2, 0.25) is 0 Å². The second kappa shape index (κ2) is 8.86. The molecule has 6 heteroatoms. The maximum absolute atomic E-state index is 12.2. The SMILES string of the molecule is CCc1ccc2c(COC(=O)/C=C/c3ccc4c(c3)OCCCO4)cc(=O)oc2c1. The molecule has 0 saturated carbocycles. The first-order valence-electron chi connectivity index (χ1n) is 9.92. The minimum absolute atomic E-state index is 0.0160. The summed E-state index contributed by atoms with van der Waals surface area (Å²) in [6, 6.07) is 12.5. The van der Waals surface area contributed by atoms with Crippen LogP contribution in [-0.2, 0) is 22.6 Å². The van der Waals surface area contributed by atoms with Crippen LogP contribution in [0, 0.1) is 0 Å². The van der Waals surface area contributed by atoms with E-state index in [-0.39, 0.29) is 6.61 Å². The molecule has 0 N–H and O–H groups in total. The summed E-state index contributed by atoms with van der Waals surface area (Å²) in [5.74, 6) is 0.860. The van der Waals surface area contributed by atoms with E-state index in [0.29, 0.717) is 35.9 Å².